The number of amides is 3. The molecule has 0 aliphatic heterocycles. The lowest BCUT2D eigenvalue weighted by atomic mass is 9.99. The average Bonchev–Trinajstić information content (AvgIpc) is 2.70. The Morgan fingerprint density at radius 2 is 1.41 bits per heavy atom. The van der Waals surface area contributed by atoms with Crippen LogP contribution in [0.5, 0.6) is 0 Å². The van der Waals surface area contributed by atoms with Crippen molar-refractivity contribution in [3.63, 3.8) is 0 Å². The molecule has 178 valence electrons. The Kier molecular flexibility index (Phi) is 10.8. The molecular formula is C23H36N4O5. The van der Waals surface area contributed by atoms with Crippen molar-refractivity contribution < 1.29 is 24.3 Å². The van der Waals surface area contributed by atoms with Gasteiger partial charge in [-0.25, -0.2) is 4.79 Å². The lowest BCUT2D eigenvalue weighted by Crippen LogP contribution is -2.58. The van der Waals surface area contributed by atoms with Crippen LogP contribution >= 0.6 is 0 Å². The van der Waals surface area contributed by atoms with Crippen LogP contribution in [0.15, 0.2) is 30.3 Å². The fraction of sp³-hybridized carbons (Fsp3) is 0.565. The molecule has 0 saturated carbocycles. The first-order valence-corrected chi connectivity index (χ1v) is 10.9. The molecule has 32 heavy (non-hydrogen) atoms. The summed E-state index contributed by atoms with van der Waals surface area (Å²) in [5, 5.41) is 17.4. The largest absolute Gasteiger partial charge is 0.480 e. The normalized spacial score (nSPS) is 14.9. The first-order chi connectivity index (χ1) is 14.9. The molecule has 0 aliphatic carbocycles. The van der Waals surface area contributed by atoms with Gasteiger partial charge in [0.05, 0.1) is 6.04 Å². The van der Waals surface area contributed by atoms with Crippen LogP contribution in [-0.2, 0) is 25.6 Å². The number of carboxylic acid groups (broad SMARTS) is 1. The summed E-state index contributed by atoms with van der Waals surface area (Å²) in [5.74, 6) is -2.96. The van der Waals surface area contributed by atoms with E-state index in [1.54, 1.807) is 38.1 Å². The predicted octanol–water partition coefficient (Wildman–Crippen LogP) is 0.817. The number of rotatable bonds is 12. The Balaban J connectivity index is 2.94. The highest BCUT2D eigenvalue weighted by molar-refractivity contribution is 5.94. The SMILES string of the molecule is CC(C)CC(NC(=O)C(C)N)C(=O)NC(C(=O)NC(Cc1ccccc1)C(=O)O)C(C)C. The van der Waals surface area contributed by atoms with Crippen LogP contribution < -0.4 is 21.7 Å². The second-order valence-corrected chi connectivity index (χ2v) is 8.80. The molecule has 1 aromatic carbocycles. The molecule has 0 aliphatic rings. The molecule has 6 N–H and O–H groups in total. The standard InChI is InChI=1S/C23H36N4O5/c1-13(2)11-17(25-20(28)15(5)24)21(29)27-19(14(3)4)22(30)26-18(23(31)32)12-16-9-7-6-8-10-16/h6-10,13-15,17-19H,11-12,24H2,1-5H3,(H,25,28)(H,26,30)(H,27,29)(H,31,32). The van der Waals surface area contributed by atoms with Gasteiger partial charge in [-0.3, -0.25) is 14.4 Å². The topological polar surface area (TPSA) is 151 Å². The minimum atomic E-state index is -1.17. The van der Waals surface area contributed by atoms with E-state index in [4.69, 9.17) is 5.73 Å². The maximum atomic E-state index is 12.9. The van der Waals surface area contributed by atoms with Crippen molar-refractivity contribution in [1.82, 2.24) is 16.0 Å². The summed E-state index contributed by atoms with van der Waals surface area (Å²) in [6.45, 7) is 8.83. The number of carbonyl (C=O) groups is 4. The maximum absolute atomic E-state index is 12.9. The Morgan fingerprint density at radius 3 is 1.88 bits per heavy atom. The lowest BCUT2D eigenvalue weighted by molar-refractivity contribution is -0.142. The molecule has 0 radical (unpaired) electrons. The zero-order valence-corrected chi connectivity index (χ0v) is 19.4. The van der Waals surface area contributed by atoms with E-state index in [1.807, 2.05) is 19.9 Å². The smallest absolute Gasteiger partial charge is 0.326 e. The molecule has 0 heterocycles. The molecule has 9 heteroatoms. The van der Waals surface area contributed by atoms with E-state index in [9.17, 15) is 24.3 Å². The number of benzene rings is 1. The number of carbonyl (C=O) groups excluding carboxylic acids is 3. The third kappa shape index (κ3) is 9.05. The summed E-state index contributed by atoms with van der Waals surface area (Å²) < 4.78 is 0. The van der Waals surface area contributed by atoms with Gasteiger partial charge in [0, 0.05) is 6.42 Å². The third-order valence-electron chi connectivity index (χ3n) is 4.90. The van der Waals surface area contributed by atoms with E-state index in [2.05, 4.69) is 16.0 Å². The Bertz CT molecular complexity index is 780. The Labute approximate surface area is 189 Å². The van der Waals surface area contributed by atoms with Crippen molar-refractivity contribution in [2.75, 3.05) is 0 Å². The summed E-state index contributed by atoms with van der Waals surface area (Å²) in [5.41, 5.74) is 6.36. The van der Waals surface area contributed by atoms with Crippen molar-refractivity contribution in [2.24, 2.45) is 17.6 Å². The van der Waals surface area contributed by atoms with Crippen LogP contribution in [0.3, 0.4) is 0 Å². The van der Waals surface area contributed by atoms with Gasteiger partial charge in [0.2, 0.25) is 17.7 Å². The van der Waals surface area contributed by atoms with Crippen LogP contribution in [0.2, 0.25) is 0 Å². The second kappa shape index (κ2) is 12.8. The van der Waals surface area contributed by atoms with Crippen LogP contribution in [0, 0.1) is 11.8 Å². The highest BCUT2D eigenvalue weighted by Gasteiger charge is 2.31. The average molecular weight is 449 g/mol. The predicted molar refractivity (Wildman–Crippen MR) is 122 cm³/mol. The van der Waals surface area contributed by atoms with Crippen LogP contribution in [0.25, 0.3) is 0 Å². The van der Waals surface area contributed by atoms with Gasteiger partial charge < -0.3 is 26.8 Å². The monoisotopic (exact) mass is 448 g/mol. The quantitative estimate of drug-likeness (QED) is 0.319. The summed E-state index contributed by atoms with van der Waals surface area (Å²) >= 11 is 0. The van der Waals surface area contributed by atoms with E-state index >= 15 is 0 Å². The van der Waals surface area contributed by atoms with E-state index in [0.717, 1.165) is 5.56 Å². The zero-order chi connectivity index (χ0) is 24.4. The Hall–Kier alpha value is -2.94. The van der Waals surface area contributed by atoms with Crippen molar-refractivity contribution in [1.29, 1.82) is 0 Å². The van der Waals surface area contributed by atoms with E-state index in [-0.39, 0.29) is 18.3 Å². The molecule has 0 spiro atoms. The number of nitrogens with one attached hydrogen (secondary N) is 3. The molecule has 0 fully saturated rings. The second-order valence-electron chi connectivity index (χ2n) is 8.80. The molecule has 3 amide bonds. The van der Waals surface area contributed by atoms with Gasteiger partial charge in [-0.05, 0) is 30.7 Å². The molecule has 1 rings (SSSR count). The minimum Gasteiger partial charge on any atom is -0.480 e. The van der Waals surface area contributed by atoms with Crippen LogP contribution in [-0.4, -0.2) is 53.0 Å². The van der Waals surface area contributed by atoms with Crippen molar-refractivity contribution >= 4 is 23.7 Å². The molecule has 4 atom stereocenters. The van der Waals surface area contributed by atoms with Gasteiger partial charge in [0.15, 0.2) is 0 Å². The maximum Gasteiger partial charge on any atom is 0.326 e. The third-order valence-corrected chi connectivity index (χ3v) is 4.90. The fourth-order valence-corrected chi connectivity index (χ4v) is 3.11. The fourth-order valence-electron chi connectivity index (χ4n) is 3.11. The summed E-state index contributed by atoms with van der Waals surface area (Å²) in [7, 11) is 0. The van der Waals surface area contributed by atoms with Gasteiger partial charge in [0.25, 0.3) is 0 Å². The molecule has 0 saturated heterocycles. The molecule has 4 unspecified atom stereocenters. The van der Waals surface area contributed by atoms with Crippen molar-refractivity contribution in [2.45, 2.75) is 71.6 Å². The van der Waals surface area contributed by atoms with Gasteiger partial charge in [-0.15, -0.1) is 0 Å². The summed E-state index contributed by atoms with van der Waals surface area (Å²) in [6, 6.07) is 5.20. The first-order valence-electron chi connectivity index (χ1n) is 10.9. The Morgan fingerprint density at radius 1 is 0.844 bits per heavy atom. The number of hydrogen-bond donors (Lipinski definition) is 5. The minimum absolute atomic E-state index is 0.104. The van der Waals surface area contributed by atoms with E-state index < -0.39 is 47.9 Å². The first kappa shape index (κ1) is 27.1. The summed E-state index contributed by atoms with van der Waals surface area (Å²) in [6.07, 6.45) is 0.476. The van der Waals surface area contributed by atoms with E-state index in [0.29, 0.717) is 6.42 Å². The molecule has 9 nitrogen and oxygen atoms in total. The van der Waals surface area contributed by atoms with Gasteiger partial charge in [0.1, 0.15) is 18.1 Å². The van der Waals surface area contributed by atoms with Crippen molar-refractivity contribution in [3.05, 3.63) is 35.9 Å². The highest BCUT2D eigenvalue weighted by Crippen LogP contribution is 2.10. The van der Waals surface area contributed by atoms with Crippen LogP contribution in [0.1, 0.15) is 46.6 Å². The highest BCUT2D eigenvalue weighted by atomic mass is 16.4. The molecule has 0 bridgehead atoms. The van der Waals surface area contributed by atoms with Gasteiger partial charge in [-0.1, -0.05) is 58.0 Å². The van der Waals surface area contributed by atoms with E-state index in [1.165, 1.54) is 6.92 Å². The number of aliphatic carboxylic acids is 1. The van der Waals surface area contributed by atoms with Crippen LogP contribution in [0.4, 0.5) is 0 Å². The molecule has 1 aromatic rings. The van der Waals surface area contributed by atoms with Gasteiger partial charge in [-0.2, -0.15) is 0 Å². The van der Waals surface area contributed by atoms with Crippen molar-refractivity contribution in [3.8, 4) is 0 Å². The van der Waals surface area contributed by atoms with Gasteiger partial charge >= 0.3 is 5.97 Å². The molecule has 0 aromatic heterocycles. The molecular weight excluding hydrogens is 412 g/mol. The summed E-state index contributed by atoms with van der Waals surface area (Å²) in [4.78, 5) is 49.5. The number of nitrogens with two attached hydrogens (primary N) is 1. The lowest BCUT2D eigenvalue weighted by Gasteiger charge is -2.27. The zero-order valence-electron chi connectivity index (χ0n) is 19.4. The number of hydrogen-bond acceptors (Lipinski definition) is 5. The number of carboxylic acids is 1.